The molecule has 0 unspecified atom stereocenters. The number of hydrogen-bond acceptors (Lipinski definition) is 18. The quantitative estimate of drug-likeness (QED) is 0.0160. The zero-order valence-corrected chi connectivity index (χ0v) is 49.4. The fourth-order valence-corrected chi connectivity index (χ4v) is 9.98. The molecule has 464 valence electrons. The molecule has 17 N–H and O–H groups in total. The summed E-state index contributed by atoms with van der Waals surface area (Å²) in [4.78, 5) is 132. The molecule has 1 aromatic heterocycles. The maximum Gasteiger partial charge on any atom is 0.245 e. The number of rotatable bonds is 34. The van der Waals surface area contributed by atoms with Gasteiger partial charge in [0.15, 0.2) is 0 Å². The van der Waals surface area contributed by atoms with E-state index in [1.807, 2.05) is 4.90 Å². The predicted molar refractivity (Wildman–Crippen MR) is 323 cm³/mol. The first kappa shape index (κ1) is 68.5. The number of aromatic amines is 1. The summed E-state index contributed by atoms with van der Waals surface area (Å²) in [5, 5.41) is 61.7. The van der Waals surface area contributed by atoms with E-state index in [9.17, 15) is 63.6 Å². The number of aromatic nitrogens is 1. The van der Waals surface area contributed by atoms with E-state index in [0.717, 1.165) is 5.56 Å². The molecule has 0 spiro atoms. The Morgan fingerprint density at radius 1 is 0.565 bits per heavy atom. The van der Waals surface area contributed by atoms with Crippen LogP contribution in [0.25, 0.3) is 10.9 Å². The van der Waals surface area contributed by atoms with Crippen LogP contribution in [-0.4, -0.2) is 213 Å². The first-order chi connectivity index (χ1) is 40.6. The number of hydrogen-bond donors (Lipinski definition) is 17. The van der Waals surface area contributed by atoms with Gasteiger partial charge in [0, 0.05) is 80.6 Å². The number of amides is 9. The lowest BCUT2D eigenvalue weighted by molar-refractivity contribution is -0.137. The van der Waals surface area contributed by atoms with Gasteiger partial charge in [-0.15, -0.1) is 0 Å². The number of carbonyl (C=O) groups is 9. The van der Waals surface area contributed by atoms with Gasteiger partial charge in [-0.25, -0.2) is 0 Å². The number of nitrogens with two attached hydrogens (primary N) is 2. The molecular formula is C57H81N13O13S2. The lowest BCUT2D eigenvalue weighted by atomic mass is 10.0. The van der Waals surface area contributed by atoms with E-state index in [1.54, 1.807) is 60.8 Å². The molecule has 5 rings (SSSR count). The third kappa shape index (κ3) is 21.6. The number of benzene rings is 3. The number of carbonyl (C=O) groups excluding carboxylic acids is 9. The van der Waals surface area contributed by atoms with Crippen molar-refractivity contribution in [1.29, 1.82) is 0 Å². The van der Waals surface area contributed by atoms with Gasteiger partial charge in [-0.2, -0.15) is 25.3 Å². The van der Waals surface area contributed by atoms with Crippen LogP contribution >= 0.6 is 25.3 Å². The monoisotopic (exact) mass is 1220 g/mol. The second-order valence-electron chi connectivity index (χ2n) is 20.9. The number of para-hydroxylation sites is 1. The third-order valence-corrected chi connectivity index (χ3v) is 15.0. The molecule has 0 bridgehead atoms. The second kappa shape index (κ2) is 34.6. The standard InChI is InChI=1S/C57H81N13O13S2/c1-33(72)48(50(59)76)67-56(82)46(32-85)66-57(83)49(34(2)73)68-51(77)41(14-8-9-19-58)62-54(80)44(28-37-29-60-40-13-7-6-12-39(37)40)64-53(79)43(27-36-15-17-38(74)18-16-36)63-55(81)45(31-84)65-52(78)42(26-35-10-4-3-5-11-35)61-47(75)30-70-22-20-69(21-23-70)24-25-71/h3-7,10-13,15-18,29,33-34,41-46,48-49,60,71-74,84-85H,8-9,14,19-28,30-32,58H2,1-2H3,(H2,59,76)(H,61,75)(H,62,80)(H,63,81)(H,64,79)(H,65,78)(H,66,83)(H,67,82)(H,68,77)/t33-,34-,41+,42+,43+,44-,45-,46+,48+,49+/m1/s1. The lowest BCUT2D eigenvalue weighted by Crippen LogP contribution is -2.62. The van der Waals surface area contributed by atoms with E-state index in [1.165, 1.54) is 38.1 Å². The van der Waals surface area contributed by atoms with Gasteiger partial charge in [0.05, 0.1) is 25.4 Å². The summed E-state index contributed by atoms with van der Waals surface area (Å²) in [6.45, 7) is 5.59. The molecule has 1 aliphatic heterocycles. The van der Waals surface area contributed by atoms with Gasteiger partial charge in [0.2, 0.25) is 53.2 Å². The van der Waals surface area contributed by atoms with E-state index >= 15 is 0 Å². The largest absolute Gasteiger partial charge is 0.508 e. The summed E-state index contributed by atoms with van der Waals surface area (Å²) in [6, 6.07) is 10.3. The Hall–Kier alpha value is -7.31. The number of fused-ring (bicyclic) bond motifs is 1. The maximum absolute atomic E-state index is 14.9. The Morgan fingerprint density at radius 2 is 1.04 bits per heavy atom. The fourth-order valence-electron chi connectivity index (χ4n) is 9.46. The number of H-pyrrole nitrogens is 1. The van der Waals surface area contributed by atoms with Crippen LogP contribution in [0, 0.1) is 0 Å². The van der Waals surface area contributed by atoms with Gasteiger partial charge >= 0.3 is 0 Å². The van der Waals surface area contributed by atoms with Crippen LogP contribution < -0.4 is 54.0 Å². The number of nitrogens with zero attached hydrogens (tertiary/aromatic N) is 2. The number of aliphatic hydroxyl groups is 3. The highest BCUT2D eigenvalue weighted by molar-refractivity contribution is 7.80. The van der Waals surface area contributed by atoms with Crippen LogP contribution in [0.1, 0.15) is 49.8 Å². The first-order valence-electron chi connectivity index (χ1n) is 28.1. The minimum absolute atomic E-state index is 0.00432. The second-order valence-corrected chi connectivity index (χ2v) is 21.6. The number of primary amides is 1. The van der Waals surface area contributed by atoms with Gasteiger partial charge in [-0.1, -0.05) is 60.7 Å². The molecule has 28 heteroatoms. The number of phenolic OH excluding ortho intramolecular Hbond substituents is 1. The zero-order valence-electron chi connectivity index (χ0n) is 47.6. The van der Waals surface area contributed by atoms with Crippen molar-refractivity contribution in [3.8, 4) is 5.75 Å². The summed E-state index contributed by atoms with van der Waals surface area (Å²) >= 11 is 8.54. The van der Waals surface area contributed by atoms with Gasteiger partial charge < -0.3 is 79.4 Å². The van der Waals surface area contributed by atoms with Crippen molar-refractivity contribution in [1.82, 2.24) is 57.3 Å². The van der Waals surface area contributed by atoms with Crippen molar-refractivity contribution >= 4 is 89.3 Å². The number of aromatic hydroxyl groups is 1. The van der Waals surface area contributed by atoms with E-state index in [2.05, 4.69) is 77.7 Å². The molecule has 3 aromatic carbocycles. The summed E-state index contributed by atoms with van der Waals surface area (Å²) in [6.07, 6.45) is -1.05. The third-order valence-electron chi connectivity index (χ3n) is 14.3. The molecule has 10 atom stereocenters. The SMILES string of the molecule is C[C@@H](O)[C@H](NC(=O)[C@H](CS)NC(=O)[C@@H](NC(=O)[C@H](CCCCN)NC(=O)[C@@H](Cc1c[nH]c2ccccc12)NC(=O)[C@H](Cc1ccc(O)cc1)NC(=O)[C@@H](CS)NC(=O)[C@H](Cc1ccccc1)NC(=O)CN1CCN(CCO)CC1)[C@@H](C)O)C(N)=O. The van der Waals surface area contributed by atoms with Crippen molar-refractivity contribution in [2.45, 2.75) is 113 Å². The first-order valence-corrected chi connectivity index (χ1v) is 29.3. The molecule has 85 heavy (non-hydrogen) atoms. The summed E-state index contributed by atoms with van der Waals surface area (Å²) in [7, 11) is 0. The summed E-state index contributed by atoms with van der Waals surface area (Å²) < 4.78 is 0. The maximum atomic E-state index is 14.9. The van der Waals surface area contributed by atoms with E-state index in [4.69, 9.17) is 11.5 Å². The molecule has 4 aromatic rings. The van der Waals surface area contributed by atoms with Crippen molar-refractivity contribution in [3.05, 3.63) is 102 Å². The highest BCUT2D eigenvalue weighted by Crippen LogP contribution is 2.20. The number of aliphatic hydroxyl groups excluding tert-OH is 3. The topological polar surface area (TPSA) is 405 Å². The molecule has 0 radical (unpaired) electrons. The smallest absolute Gasteiger partial charge is 0.245 e. The Balaban J connectivity index is 1.40. The minimum atomic E-state index is -1.74. The van der Waals surface area contributed by atoms with Crippen LogP contribution in [0.2, 0.25) is 0 Å². The normalized spacial score (nSPS) is 16.3. The molecular weight excluding hydrogens is 1140 g/mol. The number of unbranched alkanes of at least 4 members (excludes halogenated alkanes) is 1. The average molecular weight is 1220 g/mol. The van der Waals surface area contributed by atoms with Gasteiger partial charge in [-0.05, 0) is 74.5 Å². The summed E-state index contributed by atoms with van der Waals surface area (Å²) in [5.74, 6) is -8.46. The zero-order chi connectivity index (χ0) is 62.2. The number of nitrogens with one attached hydrogen (secondary N) is 9. The molecule has 9 amide bonds. The molecule has 1 aliphatic rings. The number of thiol groups is 2. The van der Waals surface area contributed by atoms with Gasteiger partial charge in [-0.3, -0.25) is 53.0 Å². The number of piperazine rings is 1. The number of phenols is 1. The van der Waals surface area contributed by atoms with Crippen LogP contribution in [0.5, 0.6) is 5.75 Å². The molecule has 0 aliphatic carbocycles. The molecule has 1 fully saturated rings. The van der Waals surface area contributed by atoms with Crippen molar-refractivity contribution < 1.29 is 63.6 Å². The van der Waals surface area contributed by atoms with Crippen molar-refractivity contribution in [3.63, 3.8) is 0 Å². The predicted octanol–water partition coefficient (Wildman–Crippen LogP) is -3.37. The Morgan fingerprint density at radius 3 is 1.60 bits per heavy atom. The van der Waals surface area contributed by atoms with Crippen LogP contribution in [0.4, 0.5) is 0 Å². The van der Waals surface area contributed by atoms with Crippen molar-refractivity contribution in [2.24, 2.45) is 11.5 Å². The highest BCUT2D eigenvalue weighted by Gasteiger charge is 2.37. The van der Waals surface area contributed by atoms with E-state index in [-0.39, 0.29) is 69.1 Å². The van der Waals surface area contributed by atoms with E-state index in [0.29, 0.717) is 61.2 Å². The van der Waals surface area contributed by atoms with Crippen LogP contribution in [0.15, 0.2) is 85.1 Å². The van der Waals surface area contributed by atoms with Crippen LogP contribution in [-0.2, 0) is 62.4 Å². The van der Waals surface area contributed by atoms with Gasteiger partial charge in [0.1, 0.15) is 54.1 Å². The lowest BCUT2D eigenvalue weighted by Gasteiger charge is -2.34. The van der Waals surface area contributed by atoms with Crippen LogP contribution in [0.3, 0.4) is 0 Å². The van der Waals surface area contributed by atoms with Crippen molar-refractivity contribution in [2.75, 3.05) is 63.9 Å². The highest BCUT2D eigenvalue weighted by atomic mass is 32.1. The minimum Gasteiger partial charge on any atom is -0.508 e. The Kier molecular flexibility index (Phi) is 27.9. The average Bonchev–Trinajstić information content (AvgIpc) is 4.18. The molecule has 2 heterocycles. The molecule has 0 saturated carbocycles. The van der Waals surface area contributed by atoms with E-state index < -0.39 is 114 Å². The number of β-amino-alcohol motifs (C(OH)–C–C–N with tert-alkyl or cyclic N) is 1. The summed E-state index contributed by atoms with van der Waals surface area (Å²) in [5.41, 5.74) is 13.6. The molecule has 26 nitrogen and oxygen atoms in total. The Labute approximate surface area is 503 Å². The molecule has 1 saturated heterocycles. The van der Waals surface area contributed by atoms with Gasteiger partial charge in [0.25, 0.3) is 0 Å². The fraction of sp³-hybridized carbons (Fsp3) is 0.491. The Bertz CT molecular complexity index is 2860.